The van der Waals surface area contributed by atoms with E-state index in [-0.39, 0.29) is 23.5 Å². The van der Waals surface area contributed by atoms with Crippen LogP contribution in [0.5, 0.6) is 11.5 Å². The molecule has 3 nitrogen and oxygen atoms in total. The Kier molecular flexibility index (Phi) is 4.30. The van der Waals surface area contributed by atoms with Gasteiger partial charge in [0, 0.05) is 0 Å². The number of hydrogen-bond donors (Lipinski definition) is 0. The number of rotatable bonds is 5. The number of carbonyl (C=O) groups excluding carboxylic acids is 1. The highest BCUT2D eigenvalue weighted by atomic mass is 19.1. The monoisotopic (exact) mass is 278 g/mol. The minimum atomic E-state index is -0.701. The quantitative estimate of drug-likeness (QED) is 0.787. The second-order valence-corrected chi connectivity index (χ2v) is 3.99. The van der Waals surface area contributed by atoms with Crippen molar-refractivity contribution in [2.45, 2.75) is 6.61 Å². The first kappa shape index (κ1) is 14.0. The van der Waals surface area contributed by atoms with Crippen LogP contribution < -0.4 is 9.47 Å². The first-order valence-electron chi connectivity index (χ1n) is 5.85. The molecule has 20 heavy (non-hydrogen) atoms. The van der Waals surface area contributed by atoms with Crippen molar-refractivity contribution in [3.63, 3.8) is 0 Å². The number of methoxy groups -OCH3 is 1. The maximum atomic E-state index is 13.5. The lowest BCUT2D eigenvalue weighted by Crippen LogP contribution is -2.04. The van der Waals surface area contributed by atoms with Crippen molar-refractivity contribution in [1.29, 1.82) is 0 Å². The number of carbonyl (C=O) groups is 1. The molecule has 0 aromatic heterocycles. The summed E-state index contributed by atoms with van der Waals surface area (Å²) in [5.41, 5.74) is 0.0522. The van der Waals surface area contributed by atoms with Crippen molar-refractivity contribution >= 4 is 6.29 Å². The molecule has 0 saturated heterocycles. The van der Waals surface area contributed by atoms with Crippen LogP contribution in [-0.2, 0) is 6.61 Å². The van der Waals surface area contributed by atoms with Gasteiger partial charge in [0.2, 0.25) is 0 Å². The van der Waals surface area contributed by atoms with E-state index in [0.717, 1.165) is 12.1 Å². The highest BCUT2D eigenvalue weighted by molar-refractivity contribution is 5.81. The van der Waals surface area contributed by atoms with Gasteiger partial charge in [-0.25, -0.2) is 8.78 Å². The van der Waals surface area contributed by atoms with Crippen molar-refractivity contribution < 1.29 is 23.0 Å². The van der Waals surface area contributed by atoms with Crippen LogP contribution in [0.15, 0.2) is 36.4 Å². The molecule has 0 fully saturated rings. The minimum Gasteiger partial charge on any atom is -0.493 e. The van der Waals surface area contributed by atoms with Crippen molar-refractivity contribution in [3.8, 4) is 11.5 Å². The number of halogens is 2. The number of aldehydes is 1. The van der Waals surface area contributed by atoms with Gasteiger partial charge in [0.25, 0.3) is 0 Å². The summed E-state index contributed by atoms with van der Waals surface area (Å²) < 4.78 is 37.4. The van der Waals surface area contributed by atoms with Gasteiger partial charge in [-0.1, -0.05) is 12.1 Å². The summed E-state index contributed by atoms with van der Waals surface area (Å²) in [5, 5.41) is 0. The van der Waals surface area contributed by atoms with Gasteiger partial charge in [0.15, 0.2) is 17.8 Å². The zero-order valence-corrected chi connectivity index (χ0v) is 10.7. The summed E-state index contributed by atoms with van der Waals surface area (Å²) in [6, 6.07) is 8.31. The minimum absolute atomic E-state index is 0.160. The van der Waals surface area contributed by atoms with Crippen molar-refractivity contribution in [3.05, 3.63) is 59.2 Å². The van der Waals surface area contributed by atoms with E-state index in [1.807, 2.05) is 0 Å². The third-order valence-corrected chi connectivity index (χ3v) is 2.78. The molecule has 0 spiro atoms. The molecule has 0 radical (unpaired) electrons. The summed E-state index contributed by atoms with van der Waals surface area (Å²) in [6.45, 7) is -0.334. The average molecular weight is 278 g/mol. The van der Waals surface area contributed by atoms with E-state index in [1.54, 1.807) is 12.1 Å². The van der Waals surface area contributed by atoms with E-state index < -0.39 is 11.6 Å². The van der Waals surface area contributed by atoms with E-state index in [4.69, 9.17) is 9.47 Å². The highest BCUT2D eigenvalue weighted by Gasteiger charge is 2.13. The fourth-order valence-electron chi connectivity index (χ4n) is 1.76. The fourth-order valence-corrected chi connectivity index (χ4v) is 1.76. The van der Waals surface area contributed by atoms with Crippen molar-refractivity contribution in [2.24, 2.45) is 0 Å². The second kappa shape index (κ2) is 6.14. The maximum Gasteiger partial charge on any atom is 0.172 e. The average Bonchev–Trinajstić information content (AvgIpc) is 2.46. The van der Waals surface area contributed by atoms with Crippen LogP contribution in [0, 0.1) is 11.6 Å². The Bertz CT molecular complexity index is 606. The molecular formula is C15H12F2O3. The van der Waals surface area contributed by atoms with Crippen LogP contribution >= 0.6 is 0 Å². The Morgan fingerprint density at radius 1 is 1.10 bits per heavy atom. The van der Waals surface area contributed by atoms with Crippen LogP contribution in [0.3, 0.4) is 0 Å². The molecule has 104 valence electrons. The summed E-state index contributed by atoms with van der Waals surface area (Å²) in [7, 11) is 1.42. The number of para-hydroxylation sites is 1. The molecular weight excluding hydrogens is 266 g/mol. The molecule has 0 bridgehead atoms. The van der Waals surface area contributed by atoms with Gasteiger partial charge in [-0.3, -0.25) is 4.79 Å². The topological polar surface area (TPSA) is 35.5 Å². The normalized spacial score (nSPS) is 10.2. The number of hydrogen-bond acceptors (Lipinski definition) is 3. The smallest absolute Gasteiger partial charge is 0.172 e. The summed E-state index contributed by atoms with van der Waals surface area (Å²) in [6.07, 6.45) is 0.593. The van der Waals surface area contributed by atoms with Gasteiger partial charge in [0.05, 0.1) is 18.2 Å². The summed E-state index contributed by atoms with van der Waals surface area (Å²) in [4.78, 5) is 11.0. The van der Waals surface area contributed by atoms with Crippen LogP contribution in [0.4, 0.5) is 8.78 Å². The molecule has 5 heteroatoms. The molecule has 2 rings (SSSR count). The lowest BCUT2D eigenvalue weighted by atomic mass is 10.2. The van der Waals surface area contributed by atoms with Gasteiger partial charge in [-0.05, 0) is 24.3 Å². The van der Waals surface area contributed by atoms with Crippen LogP contribution in [0.1, 0.15) is 15.9 Å². The van der Waals surface area contributed by atoms with Gasteiger partial charge in [-0.15, -0.1) is 0 Å². The first-order chi connectivity index (χ1) is 9.67. The Hall–Kier alpha value is -2.43. The number of ether oxygens (including phenoxy) is 2. The molecule has 0 aliphatic heterocycles. The molecule has 0 aliphatic carbocycles. The lowest BCUT2D eigenvalue weighted by Gasteiger charge is -2.13. The predicted octanol–water partition coefficient (Wildman–Crippen LogP) is 3.36. The van der Waals surface area contributed by atoms with Gasteiger partial charge in [-0.2, -0.15) is 0 Å². The van der Waals surface area contributed by atoms with Crippen LogP contribution in [0.25, 0.3) is 0 Å². The third kappa shape index (κ3) is 2.77. The molecule has 0 amide bonds. The SMILES string of the molecule is COc1cccc(C=O)c1OCc1c(F)cccc1F. The Labute approximate surface area is 114 Å². The predicted molar refractivity (Wildman–Crippen MR) is 69.1 cm³/mol. The molecule has 0 N–H and O–H groups in total. The fraction of sp³-hybridized carbons (Fsp3) is 0.133. The molecule has 0 atom stereocenters. The Morgan fingerprint density at radius 3 is 2.35 bits per heavy atom. The summed E-state index contributed by atoms with van der Waals surface area (Å²) >= 11 is 0. The molecule has 0 unspecified atom stereocenters. The van der Waals surface area contributed by atoms with E-state index in [2.05, 4.69) is 0 Å². The Morgan fingerprint density at radius 2 is 1.75 bits per heavy atom. The van der Waals surface area contributed by atoms with Crippen LogP contribution in [0.2, 0.25) is 0 Å². The lowest BCUT2D eigenvalue weighted by molar-refractivity contribution is 0.111. The van der Waals surface area contributed by atoms with E-state index >= 15 is 0 Å². The third-order valence-electron chi connectivity index (χ3n) is 2.78. The van der Waals surface area contributed by atoms with Crippen LogP contribution in [-0.4, -0.2) is 13.4 Å². The molecule has 0 saturated carbocycles. The highest BCUT2D eigenvalue weighted by Crippen LogP contribution is 2.31. The largest absolute Gasteiger partial charge is 0.493 e. The van der Waals surface area contributed by atoms with E-state index in [0.29, 0.717) is 12.0 Å². The van der Waals surface area contributed by atoms with E-state index in [9.17, 15) is 13.6 Å². The number of benzene rings is 2. The van der Waals surface area contributed by atoms with Crippen molar-refractivity contribution in [2.75, 3.05) is 7.11 Å². The maximum absolute atomic E-state index is 13.5. The Balaban J connectivity index is 2.29. The zero-order chi connectivity index (χ0) is 14.5. The molecule has 0 heterocycles. The van der Waals surface area contributed by atoms with Gasteiger partial charge in [0.1, 0.15) is 18.2 Å². The molecule has 0 aliphatic rings. The second-order valence-electron chi connectivity index (χ2n) is 3.99. The summed E-state index contributed by atoms with van der Waals surface area (Å²) in [5.74, 6) is -0.917. The van der Waals surface area contributed by atoms with Gasteiger partial charge >= 0.3 is 0 Å². The van der Waals surface area contributed by atoms with Gasteiger partial charge < -0.3 is 9.47 Å². The first-order valence-corrected chi connectivity index (χ1v) is 5.85. The standard InChI is InChI=1S/C15H12F2O3/c1-19-14-7-2-4-10(8-18)15(14)20-9-11-12(16)5-3-6-13(11)17/h2-8H,9H2,1H3. The molecule has 2 aromatic rings. The molecule has 2 aromatic carbocycles. The zero-order valence-electron chi connectivity index (χ0n) is 10.7. The van der Waals surface area contributed by atoms with E-state index in [1.165, 1.54) is 19.2 Å². The van der Waals surface area contributed by atoms with Crippen molar-refractivity contribution in [1.82, 2.24) is 0 Å².